The second-order valence-electron chi connectivity index (χ2n) is 6.94. The lowest BCUT2D eigenvalue weighted by Gasteiger charge is -2.38. The average Bonchev–Trinajstić information content (AvgIpc) is 2.60. The van der Waals surface area contributed by atoms with Gasteiger partial charge in [0.25, 0.3) is 5.91 Å². The van der Waals surface area contributed by atoms with Crippen molar-refractivity contribution in [3.63, 3.8) is 0 Å². The Bertz CT molecular complexity index is 741. The zero-order valence-corrected chi connectivity index (χ0v) is 15.0. The van der Waals surface area contributed by atoms with E-state index in [1.165, 1.54) is 12.1 Å². The second-order valence-corrected chi connectivity index (χ2v) is 6.94. The summed E-state index contributed by atoms with van der Waals surface area (Å²) in [4.78, 5) is 24.2. The fourth-order valence-corrected chi connectivity index (χ4v) is 3.73. The zero-order chi connectivity index (χ0) is 18.7. The SMILES string of the molecule is CC1=C(C(=O)NCC2(c3cccc(F)c3)CCOCC2)[C@H](C)NC(=O)N1. The maximum atomic E-state index is 13.7. The van der Waals surface area contributed by atoms with Crippen molar-refractivity contribution < 1.29 is 18.7 Å². The van der Waals surface area contributed by atoms with E-state index in [1.54, 1.807) is 19.9 Å². The third kappa shape index (κ3) is 3.72. The average molecular weight is 361 g/mol. The first-order valence-corrected chi connectivity index (χ1v) is 8.81. The molecule has 26 heavy (non-hydrogen) atoms. The van der Waals surface area contributed by atoms with Gasteiger partial charge in [-0.25, -0.2) is 9.18 Å². The zero-order valence-electron chi connectivity index (χ0n) is 15.0. The topological polar surface area (TPSA) is 79.5 Å². The molecule has 3 rings (SSSR count). The molecule has 2 aliphatic rings. The smallest absolute Gasteiger partial charge is 0.319 e. The molecule has 1 atom stereocenters. The molecule has 1 fully saturated rings. The number of hydrogen-bond donors (Lipinski definition) is 3. The first-order valence-electron chi connectivity index (χ1n) is 8.81. The number of hydrogen-bond acceptors (Lipinski definition) is 3. The lowest BCUT2D eigenvalue weighted by atomic mass is 9.74. The predicted octanol–water partition coefficient (Wildman–Crippen LogP) is 1.97. The summed E-state index contributed by atoms with van der Waals surface area (Å²) in [5, 5.41) is 8.31. The molecule has 3 amide bonds. The van der Waals surface area contributed by atoms with Crippen LogP contribution in [0.15, 0.2) is 35.5 Å². The summed E-state index contributed by atoms with van der Waals surface area (Å²) in [7, 11) is 0. The third-order valence-electron chi connectivity index (χ3n) is 5.20. The summed E-state index contributed by atoms with van der Waals surface area (Å²) in [5.41, 5.74) is 1.56. The Labute approximate surface area is 152 Å². The highest BCUT2D eigenvalue weighted by molar-refractivity contribution is 5.98. The van der Waals surface area contributed by atoms with E-state index in [2.05, 4.69) is 16.0 Å². The number of carbonyl (C=O) groups excluding carboxylic acids is 2. The van der Waals surface area contributed by atoms with Gasteiger partial charge in [0.05, 0.1) is 11.6 Å². The Morgan fingerprint density at radius 2 is 2.12 bits per heavy atom. The van der Waals surface area contributed by atoms with Crippen LogP contribution in [0.5, 0.6) is 0 Å². The van der Waals surface area contributed by atoms with Crippen molar-refractivity contribution in [2.24, 2.45) is 0 Å². The molecule has 1 aromatic carbocycles. The number of nitrogens with one attached hydrogen (secondary N) is 3. The van der Waals surface area contributed by atoms with E-state index in [0.717, 1.165) is 5.56 Å². The van der Waals surface area contributed by atoms with Crippen molar-refractivity contribution >= 4 is 11.9 Å². The summed E-state index contributed by atoms with van der Waals surface area (Å²) >= 11 is 0. The Morgan fingerprint density at radius 1 is 1.38 bits per heavy atom. The molecule has 0 unspecified atom stereocenters. The van der Waals surface area contributed by atoms with Crippen LogP contribution >= 0.6 is 0 Å². The van der Waals surface area contributed by atoms with E-state index in [9.17, 15) is 14.0 Å². The summed E-state index contributed by atoms with van der Waals surface area (Å²) in [5.74, 6) is -0.518. The lowest BCUT2D eigenvalue weighted by molar-refractivity contribution is -0.118. The molecule has 3 N–H and O–H groups in total. The van der Waals surface area contributed by atoms with E-state index in [1.807, 2.05) is 6.07 Å². The minimum Gasteiger partial charge on any atom is -0.381 e. The number of amides is 3. The summed E-state index contributed by atoms with van der Waals surface area (Å²) in [6, 6.07) is 5.86. The Kier molecular flexibility index (Phi) is 5.27. The number of benzene rings is 1. The van der Waals surface area contributed by atoms with Gasteiger partial charge in [0.1, 0.15) is 5.82 Å². The summed E-state index contributed by atoms with van der Waals surface area (Å²) in [6.45, 7) is 5.01. The molecule has 140 valence electrons. The molecule has 6 nitrogen and oxygen atoms in total. The number of allylic oxidation sites excluding steroid dienone is 1. The van der Waals surface area contributed by atoms with E-state index < -0.39 is 0 Å². The Morgan fingerprint density at radius 3 is 2.77 bits per heavy atom. The molecule has 0 radical (unpaired) electrons. The fourth-order valence-electron chi connectivity index (χ4n) is 3.73. The minimum atomic E-state index is -0.372. The third-order valence-corrected chi connectivity index (χ3v) is 5.20. The van der Waals surface area contributed by atoms with Gasteiger partial charge in [-0.05, 0) is 44.4 Å². The van der Waals surface area contributed by atoms with Crippen LogP contribution in [0.1, 0.15) is 32.3 Å². The van der Waals surface area contributed by atoms with Gasteiger partial charge in [-0.15, -0.1) is 0 Å². The molecule has 0 aromatic heterocycles. The normalized spacial score (nSPS) is 22.4. The van der Waals surface area contributed by atoms with Crippen molar-refractivity contribution in [1.29, 1.82) is 0 Å². The monoisotopic (exact) mass is 361 g/mol. The molecule has 2 heterocycles. The van der Waals surface area contributed by atoms with E-state index in [0.29, 0.717) is 43.9 Å². The van der Waals surface area contributed by atoms with Crippen molar-refractivity contribution in [1.82, 2.24) is 16.0 Å². The summed E-state index contributed by atoms with van der Waals surface area (Å²) in [6.07, 6.45) is 1.42. The quantitative estimate of drug-likeness (QED) is 0.767. The molecule has 2 aliphatic heterocycles. The van der Waals surface area contributed by atoms with Crippen LogP contribution < -0.4 is 16.0 Å². The van der Waals surface area contributed by atoms with Gasteiger partial charge in [0, 0.05) is 30.9 Å². The molecular weight excluding hydrogens is 337 g/mol. The lowest BCUT2D eigenvalue weighted by Crippen LogP contribution is -2.52. The van der Waals surface area contributed by atoms with Crippen LogP contribution in [0.3, 0.4) is 0 Å². The Balaban J connectivity index is 1.79. The number of rotatable bonds is 4. The van der Waals surface area contributed by atoms with Gasteiger partial charge in [-0.2, -0.15) is 0 Å². The Hall–Kier alpha value is -2.41. The van der Waals surface area contributed by atoms with Crippen LogP contribution in [0.4, 0.5) is 9.18 Å². The largest absolute Gasteiger partial charge is 0.381 e. The van der Waals surface area contributed by atoms with Crippen LogP contribution in [0.25, 0.3) is 0 Å². The highest BCUT2D eigenvalue weighted by atomic mass is 19.1. The van der Waals surface area contributed by atoms with E-state index >= 15 is 0 Å². The highest BCUT2D eigenvalue weighted by Crippen LogP contribution is 2.34. The number of urea groups is 1. The van der Waals surface area contributed by atoms with Gasteiger partial charge >= 0.3 is 6.03 Å². The molecule has 7 heteroatoms. The van der Waals surface area contributed by atoms with Crippen molar-refractivity contribution in [3.8, 4) is 0 Å². The number of ether oxygens (including phenoxy) is 1. The molecule has 1 aromatic rings. The second kappa shape index (κ2) is 7.45. The van der Waals surface area contributed by atoms with Gasteiger partial charge in [0.2, 0.25) is 0 Å². The van der Waals surface area contributed by atoms with Crippen LogP contribution in [-0.4, -0.2) is 37.7 Å². The standard InChI is InChI=1S/C19H24FN3O3/c1-12-16(13(2)23-18(25)22-12)17(24)21-11-19(6-8-26-9-7-19)14-4-3-5-15(20)10-14/h3-5,10,12H,6-9,11H2,1-2H3,(H,21,24)(H2,22,23,25)/t12-/m0/s1. The highest BCUT2D eigenvalue weighted by Gasteiger charge is 2.36. The molecule has 0 aliphatic carbocycles. The molecule has 0 saturated carbocycles. The van der Waals surface area contributed by atoms with Gasteiger partial charge in [-0.3, -0.25) is 4.79 Å². The van der Waals surface area contributed by atoms with Crippen molar-refractivity contribution in [3.05, 3.63) is 46.9 Å². The van der Waals surface area contributed by atoms with Crippen molar-refractivity contribution in [2.75, 3.05) is 19.8 Å². The van der Waals surface area contributed by atoms with Crippen LogP contribution in [0.2, 0.25) is 0 Å². The van der Waals surface area contributed by atoms with Gasteiger partial charge in [0.15, 0.2) is 0 Å². The van der Waals surface area contributed by atoms with Gasteiger partial charge in [-0.1, -0.05) is 12.1 Å². The summed E-state index contributed by atoms with van der Waals surface area (Å²) < 4.78 is 19.2. The maximum Gasteiger partial charge on any atom is 0.319 e. The first kappa shape index (κ1) is 18.4. The number of carbonyl (C=O) groups is 2. The molecular formula is C19H24FN3O3. The predicted molar refractivity (Wildman–Crippen MR) is 95.0 cm³/mol. The minimum absolute atomic E-state index is 0.232. The van der Waals surface area contributed by atoms with Crippen molar-refractivity contribution in [2.45, 2.75) is 38.1 Å². The fraction of sp³-hybridized carbons (Fsp3) is 0.474. The van der Waals surface area contributed by atoms with E-state index in [-0.39, 0.29) is 29.2 Å². The van der Waals surface area contributed by atoms with Gasteiger partial charge < -0.3 is 20.7 Å². The van der Waals surface area contributed by atoms with E-state index in [4.69, 9.17) is 4.74 Å². The number of halogens is 1. The molecule has 0 bridgehead atoms. The van der Waals surface area contributed by atoms with Crippen LogP contribution in [0, 0.1) is 5.82 Å². The first-order chi connectivity index (χ1) is 12.4. The molecule has 1 saturated heterocycles. The molecule has 0 spiro atoms. The maximum absolute atomic E-state index is 13.7. The van der Waals surface area contributed by atoms with Crippen LogP contribution in [-0.2, 0) is 14.9 Å².